The van der Waals surface area contributed by atoms with Crippen molar-refractivity contribution in [3.8, 4) is 0 Å². The summed E-state index contributed by atoms with van der Waals surface area (Å²) in [6.07, 6.45) is 17.1. The van der Waals surface area contributed by atoms with E-state index in [0.717, 1.165) is 52.0 Å². The van der Waals surface area contributed by atoms with E-state index in [1.165, 1.54) is 18.4 Å². The molecular formula is C38H68N2O6. The summed E-state index contributed by atoms with van der Waals surface area (Å²) in [4.78, 5) is 9.29. The summed E-state index contributed by atoms with van der Waals surface area (Å²) in [5, 5.41) is 34.4. The summed E-state index contributed by atoms with van der Waals surface area (Å²) in [6.45, 7) is 19.6. The topological polar surface area (TPSA) is 98.2 Å². The molecule has 0 aromatic carbocycles. The Bertz CT molecular complexity index is 984. The average Bonchev–Trinajstić information content (AvgIpc) is 3.82. The summed E-state index contributed by atoms with van der Waals surface area (Å²) in [6, 6.07) is 0. The molecule has 2 heterocycles. The van der Waals surface area contributed by atoms with Crippen molar-refractivity contribution in [3.05, 3.63) is 36.0 Å². The highest BCUT2D eigenvalue weighted by atomic mass is 16.7. The molecule has 10 atom stereocenters. The molecule has 0 spiro atoms. The number of aliphatic hydroxyl groups is 3. The molecule has 3 N–H and O–H groups in total. The largest absolute Gasteiger partial charge is 0.393 e. The van der Waals surface area contributed by atoms with Gasteiger partial charge in [-0.2, -0.15) is 5.06 Å². The van der Waals surface area contributed by atoms with Crippen LogP contribution in [0.15, 0.2) is 36.0 Å². The molecule has 0 saturated carbocycles. The average molecular weight is 649 g/mol. The van der Waals surface area contributed by atoms with Crippen molar-refractivity contribution in [2.75, 3.05) is 39.8 Å². The Morgan fingerprint density at radius 1 is 1.15 bits per heavy atom. The van der Waals surface area contributed by atoms with Gasteiger partial charge in [-0.1, -0.05) is 70.1 Å². The minimum atomic E-state index is -1.00. The van der Waals surface area contributed by atoms with Crippen LogP contribution < -0.4 is 0 Å². The zero-order valence-corrected chi connectivity index (χ0v) is 30.4. The Hall–Kier alpha value is -1.10. The molecule has 2 aliphatic heterocycles. The van der Waals surface area contributed by atoms with Crippen molar-refractivity contribution >= 4 is 0 Å². The fourth-order valence-corrected chi connectivity index (χ4v) is 7.19. The Morgan fingerprint density at radius 3 is 2.61 bits per heavy atom. The Morgan fingerprint density at radius 2 is 1.91 bits per heavy atom. The van der Waals surface area contributed by atoms with Crippen molar-refractivity contribution in [2.45, 2.75) is 148 Å². The normalized spacial score (nSPS) is 36.0. The van der Waals surface area contributed by atoms with Crippen LogP contribution in [-0.2, 0) is 14.3 Å². The van der Waals surface area contributed by atoms with E-state index in [9.17, 15) is 15.3 Å². The van der Waals surface area contributed by atoms with E-state index in [0.29, 0.717) is 25.7 Å². The number of aliphatic hydroxyl groups excluding tert-OH is 2. The first-order valence-electron chi connectivity index (χ1n) is 18.3. The molecule has 266 valence electrons. The van der Waals surface area contributed by atoms with Gasteiger partial charge in [0.2, 0.25) is 0 Å². The molecule has 0 radical (unpaired) electrons. The number of allylic oxidation sites excluding steroid dienone is 4. The van der Waals surface area contributed by atoms with Gasteiger partial charge in [0.1, 0.15) is 6.10 Å². The third kappa shape index (κ3) is 12.1. The van der Waals surface area contributed by atoms with E-state index < -0.39 is 17.3 Å². The van der Waals surface area contributed by atoms with Crippen molar-refractivity contribution in [3.63, 3.8) is 0 Å². The maximum atomic E-state index is 11.1. The van der Waals surface area contributed by atoms with Crippen LogP contribution in [0.1, 0.15) is 106 Å². The molecule has 10 unspecified atom stereocenters. The predicted octanol–water partition coefficient (Wildman–Crippen LogP) is 6.06. The highest BCUT2D eigenvalue weighted by Crippen LogP contribution is 2.38. The van der Waals surface area contributed by atoms with Crippen LogP contribution in [0.3, 0.4) is 0 Å². The fourth-order valence-electron chi connectivity index (χ4n) is 7.19. The maximum Gasteiger partial charge on any atom is 0.126 e. The molecule has 3 aliphatic rings. The second-order valence-corrected chi connectivity index (χ2v) is 14.9. The lowest BCUT2D eigenvalue weighted by Crippen LogP contribution is -2.46. The number of methoxy groups -OCH3 is 1. The van der Waals surface area contributed by atoms with E-state index in [4.69, 9.17) is 14.3 Å². The molecule has 3 rings (SSSR count). The minimum Gasteiger partial charge on any atom is -0.393 e. The summed E-state index contributed by atoms with van der Waals surface area (Å²) in [5.74, 6) is 0.532. The molecule has 8 heteroatoms. The first kappa shape index (κ1) is 39.3. The zero-order valence-electron chi connectivity index (χ0n) is 30.4. The van der Waals surface area contributed by atoms with Gasteiger partial charge < -0.3 is 29.7 Å². The van der Waals surface area contributed by atoms with Crippen LogP contribution in [-0.4, -0.2) is 107 Å². The number of hydroxylamine groups is 2. The van der Waals surface area contributed by atoms with Crippen molar-refractivity contribution in [1.29, 1.82) is 0 Å². The van der Waals surface area contributed by atoms with Gasteiger partial charge in [0.05, 0.1) is 35.6 Å². The van der Waals surface area contributed by atoms with Crippen molar-refractivity contribution in [2.24, 2.45) is 17.8 Å². The maximum absolute atomic E-state index is 11.1. The van der Waals surface area contributed by atoms with Gasteiger partial charge in [-0.3, -0.25) is 4.84 Å². The summed E-state index contributed by atoms with van der Waals surface area (Å²) in [5.41, 5.74) is -0.331. The van der Waals surface area contributed by atoms with Gasteiger partial charge >= 0.3 is 0 Å². The van der Waals surface area contributed by atoms with Crippen LogP contribution in [0.5, 0.6) is 0 Å². The monoisotopic (exact) mass is 649 g/mol. The number of nitrogens with zero attached hydrogens (tertiary/aromatic N) is 2. The predicted molar refractivity (Wildman–Crippen MR) is 186 cm³/mol. The summed E-state index contributed by atoms with van der Waals surface area (Å²) in [7, 11) is 1.76. The summed E-state index contributed by atoms with van der Waals surface area (Å²) < 4.78 is 12.0. The standard InChI is InChI=1S/C38H68N2O6/c1-9-11-22-39-23-13-24-40(26-25-39)46-35-18-15-29(4)32(17-16-31(41)19-21-38(35,7)44-8)28(3)14-12-20-37(6,43)27-34-36(45-34)30(5)33(42)10-2/h12,14-15,18,20,29-36,41-43H,9-11,13,16-17,19,21-27H2,1-8H3/b18-15+,20-12+,28-14+. The zero-order chi connectivity index (χ0) is 33.9. The fraction of sp³-hybridized carbons (Fsp3) is 0.842. The van der Waals surface area contributed by atoms with Crippen LogP contribution in [0.2, 0.25) is 0 Å². The first-order valence-corrected chi connectivity index (χ1v) is 18.3. The van der Waals surface area contributed by atoms with Crippen molar-refractivity contribution in [1.82, 2.24) is 9.96 Å². The number of rotatable bonds is 14. The summed E-state index contributed by atoms with van der Waals surface area (Å²) >= 11 is 0. The lowest BCUT2D eigenvalue weighted by Gasteiger charge is -2.38. The number of hydrogen-bond acceptors (Lipinski definition) is 8. The van der Waals surface area contributed by atoms with Gasteiger partial charge in [0.15, 0.2) is 0 Å². The smallest absolute Gasteiger partial charge is 0.126 e. The van der Waals surface area contributed by atoms with E-state index >= 15 is 0 Å². The molecule has 0 bridgehead atoms. The number of epoxide rings is 1. The second kappa shape index (κ2) is 18.6. The molecule has 2 saturated heterocycles. The third-order valence-electron chi connectivity index (χ3n) is 10.9. The molecule has 1 aliphatic carbocycles. The third-order valence-corrected chi connectivity index (χ3v) is 10.9. The lowest BCUT2D eigenvalue weighted by atomic mass is 9.82. The van der Waals surface area contributed by atoms with E-state index in [-0.39, 0.29) is 42.2 Å². The van der Waals surface area contributed by atoms with E-state index in [2.05, 4.69) is 55.9 Å². The lowest BCUT2D eigenvalue weighted by molar-refractivity contribution is -0.234. The molecule has 0 aromatic heterocycles. The highest BCUT2D eigenvalue weighted by Gasteiger charge is 2.47. The van der Waals surface area contributed by atoms with Gasteiger partial charge in [0.25, 0.3) is 0 Å². The Labute approximate surface area is 280 Å². The van der Waals surface area contributed by atoms with E-state index in [1.54, 1.807) is 7.11 Å². The first-order chi connectivity index (χ1) is 21.8. The van der Waals surface area contributed by atoms with Crippen LogP contribution in [0.4, 0.5) is 0 Å². The quantitative estimate of drug-likeness (QED) is 0.119. The molecule has 0 amide bonds. The molecule has 0 aromatic rings. The molecule has 2 fully saturated rings. The Kier molecular flexibility index (Phi) is 15.9. The second-order valence-electron chi connectivity index (χ2n) is 14.9. The van der Waals surface area contributed by atoms with Crippen LogP contribution >= 0.6 is 0 Å². The minimum absolute atomic E-state index is 0.00538. The molecule has 8 nitrogen and oxygen atoms in total. The number of ether oxygens (including phenoxy) is 2. The number of unbranched alkanes of at least 4 members (excludes halogenated alkanes) is 1. The molecule has 46 heavy (non-hydrogen) atoms. The molecular weight excluding hydrogens is 580 g/mol. The van der Waals surface area contributed by atoms with Gasteiger partial charge in [-0.15, -0.1) is 0 Å². The van der Waals surface area contributed by atoms with Crippen LogP contribution in [0, 0.1) is 17.8 Å². The highest BCUT2D eigenvalue weighted by molar-refractivity contribution is 5.19. The number of hydrogen-bond donors (Lipinski definition) is 3. The van der Waals surface area contributed by atoms with Gasteiger partial charge in [-0.05, 0) is 90.6 Å². The Balaban J connectivity index is 1.70. The van der Waals surface area contributed by atoms with E-state index in [1.807, 2.05) is 32.9 Å². The SMILES string of the molecule is CCCCN1CCCN(OC2/C=C/C(C)C(/C(C)=C/C=C/C(C)(O)CC3OC3C(C)C(O)CC)CCC(O)CCC2(C)OC)CC1. The van der Waals surface area contributed by atoms with Gasteiger partial charge in [0, 0.05) is 39.1 Å². The van der Waals surface area contributed by atoms with Gasteiger partial charge in [-0.25, -0.2) is 0 Å². The van der Waals surface area contributed by atoms with Crippen LogP contribution in [0.25, 0.3) is 0 Å². The van der Waals surface area contributed by atoms with Crippen molar-refractivity contribution < 1.29 is 29.6 Å².